The second kappa shape index (κ2) is 5.29. The van der Waals surface area contributed by atoms with Crippen molar-refractivity contribution in [3.05, 3.63) is 19.2 Å². The van der Waals surface area contributed by atoms with Crippen LogP contribution in [0.25, 0.3) is 0 Å². The van der Waals surface area contributed by atoms with E-state index in [2.05, 4.69) is 43.7 Å². The van der Waals surface area contributed by atoms with Crippen LogP contribution in [-0.2, 0) is 0 Å². The molecule has 5 heteroatoms. The van der Waals surface area contributed by atoms with Crippen LogP contribution in [0.4, 0.5) is 0 Å². The lowest BCUT2D eigenvalue weighted by atomic mass is 10.2. The summed E-state index contributed by atoms with van der Waals surface area (Å²) in [6, 6.07) is 2.45. The molecule has 1 aliphatic heterocycles. The van der Waals surface area contributed by atoms with Crippen LogP contribution in [0.1, 0.15) is 30.1 Å². The summed E-state index contributed by atoms with van der Waals surface area (Å²) in [6.07, 6.45) is 2.42. The lowest BCUT2D eigenvalue weighted by molar-refractivity contribution is 0.0926. The second-order valence-corrected chi connectivity index (χ2v) is 7.87. The summed E-state index contributed by atoms with van der Waals surface area (Å²) in [5, 5.41) is 0. The van der Waals surface area contributed by atoms with Crippen LogP contribution >= 0.6 is 43.2 Å². The first-order chi connectivity index (χ1) is 7.58. The number of nitrogens with zero attached hydrogens (tertiary/aromatic N) is 1. The SMILES string of the molecule is CC1CCCN1CC(=O)c1cc(Br)sc1Br. The zero-order valence-corrected chi connectivity index (χ0v) is 13.0. The van der Waals surface area contributed by atoms with Crippen molar-refractivity contribution < 1.29 is 4.79 Å². The van der Waals surface area contributed by atoms with Crippen molar-refractivity contribution in [3.63, 3.8) is 0 Å². The molecule has 0 N–H and O–H groups in total. The highest BCUT2D eigenvalue weighted by atomic mass is 79.9. The second-order valence-electron chi connectivity index (χ2n) is 4.12. The van der Waals surface area contributed by atoms with E-state index in [0.717, 1.165) is 19.7 Å². The van der Waals surface area contributed by atoms with Crippen molar-refractivity contribution in [3.8, 4) is 0 Å². The van der Waals surface area contributed by atoms with E-state index >= 15 is 0 Å². The highest BCUT2D eigenvalue weighted by Gasteiger charge is 2.24. The highest BCUT2D eigenvalue weighted by Crippen LogP contribution is 2.32. The molecule has 1 aromatic heterocycles. The van der Waals surface area contributed by atoms with Crippen LogP contribution in [0, 0.1) is 0 Å². The van der Waals surface area contributed by atoms with Crippen molar-refractivity contribution in [2.75, 3.05) is 13.1 Å². The molecule has 88 valence electrons. The number of halogens is 2. The monoisotopic (exact) mass is 365 g/mol. The van der Waals surface area contributed by atoms with Crippen LogP contribution < -0.4 is 0 Å². The first-order valence-corrected chi connectivity index (χ1v) is 7.70. The van der Waals surface area contributed by atoms with Crippen molar-refractivity contribution >= 4 is 49.0 Å². The van der Waals surface area contributed by atoms with Gasteiger partial charge in [-0.1, -0.05) is 0 Å². The van der Waals surface area contributed by atoms with E-state index in [9.17, 15) is 4.79 Å². The van der Waals surface area contributed by atoms with Gasteiger partial charge in [-0.05, 0) is 64.2 Å². The Bertz CT molecular complexity index is 405. The zero-order valence-electron chi connectivity index (χ0n) is 9.00. The molecule has 0 bridgehead atoms. The minimum absolute atomic E-state index is 0.211. The number of carbonyl (C=O) groups excluding carboxylic acids is 1. The lowest BCUT2D eigenvalue weighted by Gasteiger charge is -2.19. The topological polar surface area (TPSA) is 20.3 Å². The van der Waals surface area contributed by atoms with Gasteiger partial charge in [-0.3, -0.25) is 9.69 Å². The maximum Gasteiger partial charge on any atom is 0.178 e. The van der Waals surface area contributed by atoms with Gasteiger partial charge in [0, 0.05) is 11.6 Å². The fourth-order valence-electron chi connectivity index (χ4n) is 2.03. The van der Waals surface area contributed by atoms with Crippen molar-refractivity contribution in [2.45, 2.75) is 25.8 Å². The lowest BCUT2D eigenvalue weighted by Crippen LogP contribution is -2.32. The zero-order chi connectivity index (χ0) is 11.7. The maximum absolute atomic E-state index is 12.1. The van der Waals surface area contributed by atoms with Crippen LogP contribution in [0.3, 0.4) is 0 Å². The van der Waals surface area contributed by atoms with Crippen LogP contribution in [-0.4, -0.2) is 29.8 Å². The number of thiophene rings is 1. The maximum atomic E-state index is 12.1. The standard InChI is InChI=1S/C11H13Br2NOS/c1-7-3-2-4-14(7)6-9(15)8-5-10(12)16-11(8)13/h5,7H,2-4,6H2,1H3. The summed E-state index contributed by atoms with van der Waals surface area (Å²) in [6.45, 7) is 3.79. The molecule has 0 saturated carbocycles. The number of Topliss-reactive ketones (excluding diaryl/α,β-unsaturated/α-hetero) is 1. The summed E-state index contributed by atoms with van der Waals surface area (Å²) in [4.78, 5) is 14.4. The van der Waals surface area contributed by atoms with Gasteiger partial charge in [-0.2, -0.15) is 0 Å². The third-order valence-corrected chi connectivity index (χ3v) is 5.33. The summed E-state index contributed by atoms with van der Waals surface area (Å²) in [5.41, 5.74) is 0.802. The van der Waals surface area contributed by atoms with Gasteiger partial charge in [-0.25, -0.2) is 0 Å². The predicted molar refractivity (Wildman–Crippen MR) is 74.3 cm³/mol. The normalized spacial score (nSPS) is 21.6. The molecule has 1 aromatic rings. The Hall–Kier alpha value is 0.290. The molecule has 1 atom stereocenters. The Kier molecular flexibility index (Phi) is 4.21. The Labute approximate surface area is 116 Å². The van der Waals surface area contributed by atoms with Gasteiger partial charge in [-0.15, -0.1) is 11.3 Å². The smallest absolute Gasteiger partial charge is 0.178 e. The molecule has 1 unspecified atom stereocenters. The van der Waals surface area contributed by atoms with Crippen LogP contribution in [0.5, 0.6) is 0 Å². The van der Waals surface area contributed by atoms with Gasteiger partial charge in [0.05, 0.1) is 14.1 Å². The first kappa shape index (κ1) is 12.7. The molecule has 2 nitrogen and oxygen atoms in total. The Morgan fingerprint density at radius 2 is 2.38 bits per heavy atom. The van der Waals surface area contributed by atoms with Crippen molar-refractivity contribution in [1.82, 2.24) is 4.90 Å². The van der Waals surface area contributed by atoms with Gasteiger partial charge in [0.2, 0.25) is 0 Å². The molecule has 0 radical (unpaired) electrons. The average molecular weight is 367 g/mol. The molecule has 2 heterocycles. The molecule has 1 aliphatic rings. The van der Waals surface area contributed by atoms with E-state index in [4.69, 9.17) is 0 Å². The molecule has 0 aromatic carbocycles. The third kappa shape index (κ3) is 2.75. The molecular formula is C11H13Br2NOS. The average Bonchev–Trinajstić information content (AvgIpc) is 2.74. The van der Waals surface area contributed by atoms with Gasteiger partial charge >= 0.3 is 0 Å². The van der Waals surface area contributed by atoms with E-state index in [1.807, 2.05) is 6.07 Å². The summed E-state index contributed by atoms with van der Waals surface area (Å²) < 4.78 is 1.92. The van der Waals surface area contributed by atoms with Gasteiger partial charge in [0.25, 0.3) is 0 Å². The fraction of sp³-hybridized carbons (Fsp3) is 0.545. The van der Waals surface area contributed by atoms with Crippen LogP contribution in [0.2, 0.25) is 0 Å². The Balaban J connectivity index is 2.05. The first-order valence-electron chi connectivity index (χ1n) is 5.30. The summed E-state index contributed by atoms with van der Waals surface area (Å²) in [7, 11) is 0. The Morgan fingerprint density at radius 3 is 2.88 bits per heavy atom. The number of likely N-dealkylation sites (tertiary alicyclic amines) is 1. The van der Waals surface area contributed by atoms with E-state index < -0.39 is 0 Å². The van der Waals surface area contributed by atoms with E-state index in [0.29, 0.717) is 12.6 Å². The minimum Gasteiger partial charge on any atom is -0.293 e. The van der Waals surface area contributed by atoms with Crippen molar-refractivity contribution in [1.29, 1.82) is 0 Å². The van der Waals surface area contributed by atoms with Gasteiger partial charge < -0.3 is 0 Å². The molecular weight excluding hydrogens is 354 g/mol. The largest absolute Gasteiger partial charge is 0.293 e. The number of carbonyl (C=O) groups is 1. The minimum atomic E-state index is 0.211. The predicted octanol–water partition coefficient (Wildman–Crippen LogP) is 3.94. The molecule has 0 spiro atoms. The van der Waals surface area contributed by atoms with E-state index in [1.165, 1.54) is 12.8 Å². The fourth-order valence-corrected chi connectivity index (χ4v) is 4.88. The number of hydrogen-bond acceptors (Lipinski definition) is 3. The van der Waals surface area contributed by atoms with Crippen LogP contribution in [0.15, 0.2) is 13.6 Å². The molecule has 2 rings (SSSR count). The van der Waals surface area contributed by atoms with Gasteiger partial charge in [0.15, 0.2) is 5.78 Å². The number of hydrogen-bond donors (Lipinski definition) is 0. The van der Waals surface area contributed by atoms with E-state index in [1.54, 1.807) is 11.3 Å². The molecule has 16 heavy (non-hydrogen) atoms. The van der Waals surface area contributed by atoms with E-state index in [-0.39, 0.29) is 5.78 Å². The third-order valence-electron chi connectivity index (χ3n) is 2.99. The van der Waals surface area contributed by atoms with Gasteiger partial charge in [0.1, 0.15) is 0 Å². The summed E-state index contributed by atoms with van der Waals surface area (Å²) >= 11 is 8.38. The molecule has 1 saturated heterocycles. The quantitative estimate of drug-likeness (QED) is 0.755. The number of rotatable bonds is 3. The van der Waals surface area contributed by atoms with Crippen molar-refractivity contribution in [2.24, 2.45) is 0 Å². The molecule has 1 fully saturated rings. The number of ketones is 1. The summed E-state index contributed by atoms with van der Waals surface area (Å²) in [5.74, 6) is 0.211. The Morgan fingerprint density at radius 1 is 1.62 bits per heavy atom. The highest BCUT2D eigenvalue weighted by molar-refractivity contribution is 9.12. The molecule has 0 amide bonds. The molecule has 0 aliphatic carbocycles.